The van der Waals surface area contributed by atoms with Crippen LogP contribution in [0.4, 0.5) is 5.82 Å². The Morgan fingerprint density at radius 1 is 1.00 bits per heavy atom. The molecule has 0 saturated carbocycles. The minimum atomic E-state index is 0.356. The quantitative estimate of drug-likeness (QED) is 0.406. The largest absolute Gasteiger partial charge is 0.457 e. The van der Waals surface area contributed by atoms with Crippen LogP contribution < -0.4 is 20.1 Å². The van der Waals surface area contributed by atoms with E-state index in [0.29, 0.717) is 14.8 Å². The van der Waals surface area contributed by atoms with Crippen LogP contribution in [0.2, 0.25) is 0 Å². The highest BCUT2D eigenvalue weighted by atomic mass is 31.1. The average molecular weight is 433 g/mol. The van der Waals surface area contributed by atoms with E-state index in [4.69, 9.17) is 14.6 Å². The number of hydrogen-bond donors (Lipinski definition) is 2. The van der Waals surface area contributed by atoms with Crippen molar-refractivity contribution in [2.24, 2.45) is 0 Å². The molecule has 0 radical (unpaired) electrons. The third kappa shape index (κ3) is 4.33. The van der Waals surface area contributed by atoms with Crippen LogP contribution in [-0.2, 0) is 0 Å². The summed E-state index contributed by atoms with van der Waals surface area (Å²) in [4.78, 5) is 4.56. The van der Waals surface area contributed by atoms with Gasteiger partial charge in [-0.3, -0.25) is 0 Å². The van der Waals surface area contributed by atoms with E-state index in [1.165, 1.54) is 0 Å². The number of nitrogens with zero attached hydrogens (tertiary/aromatic N) is 3. The van der Waals surface area contributed by atoms with E-state index in [-0.39, 0.29) is 0 Å². The molecule has 2 N–H and O–H groups in total. The predicted molar refractivity (Wildman–Crippen MR) is 125 cm³/mol. The van der Waals surface area contributed by atoms with Gasteiger partial charge in [0.2, 0.25) is 0 Å². The number of benzene rings is 2. The number of anilines is 1. The van der Waals surface area contributed by atoms with Crippen molar-refractivity contribution in [1.82, 2.24) is 19.9 Å². The second-order valence-corrected chi connectivity index (χ2v) is 8.19. The lowest BCUT2D eigenvalue weighted by Crippen LogP contribution is -2.22. The van der Waals surface area contributed by atoms with E-state index >= 15 is 0 Å². The summed E-state index contributed by atoms with van der Waals surface area (Å²) in [5.74, 6) is 3.85. The molecular weight excluding hydrogens is 409 g/mol. The van der Waals surface area contributed by atoms with Gasteiger partial charge in [0.1, 0.15) is 28.4 Å². The molecule has 8 heteroatoms. The highest BCUT2D eigenvalue weighted by Crippen LogP contribution is 2.37. The Labute approximate surface area is 182 Å². The molecule has 158 valence electrons. The maximum Gasteiger partial charge on any atom is 0.166 e. The summed E-state index contributed by atoms with van der Waals surface area (Å²) in [6.07, 6.45) is 2.84. The second-order valence-electron chi connectivity index (χ2n) is 7.31. The van der Waals surface area contributed by atoms with Crippen molar-refractivity contribution in [1.29, 1.82) is 0 Å². The number of rotatable bonds is 7. The van der Waals surface area contributed by atoms with E-state index in [1.54, 1.807) is 6.20 Å². The molecule has 0 spiro atoms. The first-order chi connectivity index (χ1) is 15.3. The van der Waals surface area contributed by atoms with Crippen molar-refractivity contribution in [3.8, 4) is 23.0 Å². The summed E-state index contributed by atoms with van der Waals surface area (Å²) < 4.78 is 14.1. The minimum absolute atomic E-state index is 0.356. The van der Waals surface area contributed by atoms with Crippen LogP contribution in [0.25, 0.3) is 11.0 Å². The van der Waals surface area contributed by atoms with Crippen molar-refractivity contribution in [3.05, 3.63) is 66.9 Å². The monoisotopic (exact) mass is 433 g/mol. The van der Waals surface area contributed by atoms with Crippen LogP contribution in [0.3, 0.4) is 0 Å². The van der Waals surface area contributed by atoms with Crippen molar-refractivity contribution in [3.63, 3.8) is 0 Å². The third-order valence-corrected chi connectivity index (χ3v) is 5.91. The SMILES string of the molecule is CPn1nc(N[C@@H]2CCNC2)c2c(Oc3ccc(Oc4ccccc4)cc3)ccnc21. The summed E-state index contributed by atoms with van der Waals surface area (Å²) >= 11 is 0. The highest BCUT2D eigenvalue weighted by Gasteiger charge is 2.21. The fourth-order valence-corrected chi connectivity index (χ4v) is 4.24. The maximum absolute atomic E-state index is 6.26. The fourth-order valence-electron chi connectivity index (χ4n) is 3.65. The minimum Gasteiger partial charge on any atom is -0.457 e. The Bertz CT molecular complexity index is 1160. The Morgan fingerprint density at radius 3 is 2.45 bits per heavy atom. The van der Waals surface area contributed by atoms with Crippen molar-refractivity contribution >= 4 is 25.6 Å². The van der Waals surface area contributed by atoms with Gasteiger partial charge in [0, 0.05) is 33.6 Å². The lowest BCUT2D eigenvalue weighted by molar-refractivity contribution is 0.471. The maximum atomic E-state index is 6.26. The van der Waals surface area contributed by atoms with Crippen molar-refractivity contribution in [2.45, 2.75) is 12.5 Å². The molecule has 1 unspecified atom stereocenters. The smallest absolute Gasteiger partial charge is 0.166 e. The van der Waals surface area contributed by atoms with Crippen LogP contribution in [0.1, 0.15) is 6.42 Å². The molecule has 2 atom stereocenters. The van der Waals surface area contributed by atoms with Gasteiger partial charge >= 0.3 is 0 Å². The fraction of sp³-hybridized carbons (Fsp3) is 0.217. The number of pyridine rings is 1. The molecule has 0 amide bonds. The summed E-state index contributed by atoms with van der Waals surface area (Å²) in [6.45, 7) is 4.04. The van der Waals surface area contributed by atoms with Gasteiger partial charge in [-0.1, -0.05) is 18.2 Å². The number of ether oxygens (including phenoxy) is 2. The zero-order chi connectivity index (χ0) is 21.0. The van der Waals surface area contributed by atoms with E-state index in [0.717, 1.165) is 59.4 Å². The molecule has 0 aliphatic carbocycles. The van der Waals surface area contributed by atoms with Crippen LogP contribution >= 0.6 is 8.73 Å². The molecule has 4 aromatic rings. The van der Waals surface area contributed by atoms with Crippen LogP contribution in [0.5, 0.6) is 23.0 Å². The van der Waals surface area contributed by atoms with E-state index in [1.807, 2.05) is 65.1 Å². The first-order valence-electron chi connectivity index (χ1n) is 10.3. The van der Waals surface area contributed by atoms with Gasteiger partial charge in [-0.15, -0.1) is 5.10 Å². The molecule has 1 fully saturated rings. The number of aromatic nitrogens is 3. The molecule has 1 saturated heterocycles. The summed E-state index contributed by atoms with van der Waals surface area (Å²) in [6, 6.07) is 19.6. The zero-order valence-corrected chi connectivity index (χ0v) is 18.2. The van der Waals surface area contributed by atoms with Crippen LogP contribution in [-0.4, -0.2) is 40.3 Å². The topological polar surface area (TPSA) is 73.2 Å². The Morgan fingerprint density at radius 2 is 1.74 bits per heavy atom. The first kappa shape index (κ1) is 19.8. The second kappa shape index (κ2) is 8.92. The van der Waals surface area contributed by atoms with Gasteiger partial charge in [0.05, 0.1) is 0 Å². The third-order valence-electron chi connectivity index (χ3n) is 5.17. The highest BCUT2D eigenvalue weighted by molar-refractivity contribution is 7.35. The van der Waals surface area contributed by atoms with E-state index < -0.39 is 0 Å². The van der Waals surface area contributed by atoms with Crippen molar-refractivity contribution in [2.75, 3.05) is 25.1 Å². The molecule has 5 rings (SSSR count). The zero-order valence-electron chi connectivity index (χ0n) is 17.2. The normalized spacial score (nSPS) is 16.2. The summed E-state index contributed by atoms with van der Waals surface area (Å²) in [5, 5.41) is 12.6. The summed E-state index contributed by atoms with van der Waals surface area (Å²) in [7, 11) is 0.482. The van der Waals surface area contributed by atoms with Gasteiger partial charge in [-0.25, -0.2) is 9.44 Å². The Hall–Kier alpha value is -3.15. The molecular formula is C23H24N5O2P. The number of fused-ring (bicyclic) bond motifs is 1. The molecule has 2 aromatic carbocycles. The molecule has 1 aliphatic rings. The van der Waals surface area contributed by atoms with E-state index in [2.05, 4.69) is 22.3 Å². The van der Waals surface area contributed by atoms with Gasteiger partial charge in [-0.05, 0) is 56.0 Å². The Kier molecular flexibility index (Phi) is 5.69. The first-order valence-corrected chi connectivity index (χ1v) is 11.8. The van der Waals surface area contributed by atoms with Gasteiger partial charge < -0.3 is 20.1 Å². The number of para-hydroxylation sites is 1. The predicted octanol–water partition coefficient (Wildman–Crippen LogP) is 4.86. The molecule has 0 bridgehead atoms. The van der Waals surface area contributed by atoms with Gasteiger partial charge in [0.15, 0.2) is 11.5 Å². The Balaban J connectivity index is 1.41. The summed E-state index contributed by atoms with van der Waals surface area (Å²) in [5.41, 5.74) is 0.829. The van der Waals surface area contributed by atoms with Crippen LogP contribution in [0.15, 0.2) is 66.9 Å². The molecule has 3 heterocycles. The van der Waals surface area contributed by atoms with E-state index in [9.17, 15) is 0 Å². The molecule has 31 heavy (non-hydrogen) atoms. The molecule has 2 aromatic heterocycles. The average Bonchev–Trinajstić information content (AvgIpc) is 3.44. The lowest BCUT2D eigenvalue weighted by Gasteiger charge is -2.12. The lowest BCUT2D eigenvalue weighted by atomic mass is 10.2. The number of nitrogens with one attached hydrogen (secondary N) is 2. The standard InChI is InChI=1S/C23H24N5O2P/c1-31-28-23-21(22(27-28)26-16-11-13-24-15-16)20(12-14-25-23)30-19-9-7-18(8-10-19)29-17-5-3-2-4-6-17/h2-10,12,14,16,24,31H,11,13,15H2,1H3,(H,26,27)/t16-/m1/s1. The molecule has 1 aliphatic heterocycles. The van der Waals surface area contributed by atoms with Gasteiger partial charge in [-0.2, -0.15) is 0 Å². The van der Waals surface area contributed by atoms with Crippen molar-refractivity contribution < 1.29 is 9.47 Å². The molecule has 7 nitrogen and oxygen atoms in total. The van der Waals surface area contributed by atoms with Crippen LogP contribution in [0, 0.1) is 0 Å². The van der Waals surface area contributed by atoms with Gasteiger partial charge in [0.25, 0.3) is 0 Å². The number of hydrogen-bond acceptors (Lipinski definition) is 6.